The van der Waals surface area contributed by atoms with Gasteiger partial charge in [0.2, 0.25) is 5.82 Å². The van der Waals surface area contributed by atoms with E-state index in [2.05, 4.69) is 15.1 Å². The van der Waals surface area contributed by atoms with Crippen molar-refractivity contribution < 1.29 is 9.26 Å². The van der Waals surface area contributed by atoms with Gasteiger partial charge in [0.05, 0.1) is 5.52 Å². The molecule has 0 aliphatic heterocycles. The number of rotatable bonds is 4. The Morgan fingerprint density at radius 1 is 1.20 bits per heavy atom. The first-order chi connectivity index (χ1) is 9.81. The summed E-state index contributed by atoms with van der Waals surface area (Å²) in [4.78, 5) is 8.80. The van der Waals surface area contributed by atoms with Crippen LogP contribution in [0.5, 0.6) is 0 Å². The molecule has 0 aliphatic carbocycles. The number of aromatic nitrogens is 3. The molecule has 1 atom stereocenters. The van der Waals surface area contributed by atoms with E-state index < -0.39 is 6.10 Å². The fourth-order valence-corrected chi connectivity index (χ4v) is 1.96. The van der Waals surface area contributed by atoms with Gasteiger partial charge in [-0.05, 0) is 12.1 Å². The lowest BCUT2D eigenvalue weighted by molar-refractivity contribution is 0.0804. The third-order valence-corrected chi connectivity index (χ3v) is 3.04. The summed E-state index contributed by atoms with van der Waals surface area (Å²) < 4.78 is 10.3. The molecule has 6 nitrogen and oxygen atoms in total. The maximum absolute atomic E-state index is 5.57. The van der Waals surface area contributed by atoms with Gasteiger partial charge in [-0.3, -0.25) is 0 Å². The molecule has 0 spiro atoms. The molecule has 0 bridgehead atoms. The summed E-state index contributed by atoms with van der Waals surface area (Å²) in [7, 11) is 1.55. The van der Waals surface area contributed by atoms with Gasteiger partial charge in [0.1, 0.15) is 11.8 Å². The lowest BCUT2D eigenvalue weighted by atomic mass is 10.2. The van der Waals surface area contributed by atoms with Gasteiger partial charge in [0.15, 0.2) is 0 Å². The number of benzene rings is 1. The molecule has 102 valence electrons. The van der Waals surface area contributed by atoms with Gasteiger partial charge in [-0.15, -0.1) is 0 Å². The van der Waals surface area contributed by atoms with Crippen LogP contribution in [-0.4, -0.2) is 28.8 Å². The largest absolute Gasteiger partial charge is 0.370 e. The van der Waals surface area contributed by atoms with Gasteiger partial charge in [-0.1, -0.05) is 29.4 Å². The molecule has 0 radical (unpaired) electrons. The molecular weight excluding hydrogens is 256 g/mol. The summed E-state index contributed by atoms with van der Waals surface area (Å²) in [6.45, 7) is 0.281. The van der Waals surface area contributed by atoms with E-state index in [1.165, 1.54) is 0 Å². The number of fused-ring (bicyclic) bond motifs is 1. The summed E-state index contributed by atoms with van der Waals surface area (Å²) in [6, 6.07) is 11.7. The zero-order valence-corrected chi connectivity index (χ0v) is 11.0. The van der Waals surface area contributed by atoms with Crippen LogP contribution in [0.1, 0.15) is 12.0 Å². The molecule has 2 aromatic heterocycles. The second-order valence-electron chi connectivity index (χ2n) is 4.31. The Balaban J connectivity index is 1.98. The van der Waals surface area contributed by atoms with E-state index in [4.69, 9.17) is 15.0 Å². The zero-order valence-electron chi connectivity index (χ0n) is 11.0. The highest BCUT2D eigenvalue weighted by atomic mass is 16.5. The minimum absolute atomic E-state index is 0.281. The Hall–Kier alpha value is -2.31. The first-order valence-electron chi connectivity index (χ1n) is 6.24. The van der Waals surface area contributed by atoms with Crippen molar-refractivity contribution in [1.82, 2.24) is 15.1 Å². The summed E-state index contributed by atoms with van der Waals surface area (Å²) in [5.74, 6) is 0.793. The molecule has 6 heteroatoms. The molecule has 0 fully saturated rings. The van der Waals surface area contributed by atoms with Crippen molar-refractivity contribution in [3.63, 3.8) is 0 Å². The van der Waals surface area contributed by atoms with Gasteiger partial charge in [0, 0.05) is 19.0 Å². The predicted molar refractivity (Wildman–Crippen MR) is 73.8 cm³/mol. The Morgan fingerprint density at radius 3 is 2.85 bits per heavy atom. The first kappa shape index (κ1) is 12.7. The van der Waals surface area contributed by atoms with E-state index in [-0.39, 0.29) is 6.54 Å². The molecule has 2 heterocycles. The quantitative estimate of drug-likeness (QED) is 0.779. The highest BCUT2D eigenvalue weighted by Crippen LogP contribution is 2.21. The third kappa shape index (κ3) is 2.26. The van der Waals surface area contributed by atoms with Gasteiger partial charge in [-0.25, -0.2) is 4.98 Å². The van der Waals surface area contributed by atoms with Gasteiger partial charge < -0.3 is 15.0 Å². The first-order valence-corrected chi connectivity index (χ1v) is 6.24. The molecule has 0 aliphatic rings. The van der Waals surface area contributed by atoms with Crippen molar-refractivity contribution >= 4 is 10.9 Å². The average molecular weight is 270 g/mol. The van der Waals surface area contributed by atoms with Crippen LogP contribution in [-0.2, 0) is 4.74 Å². The van der Waals surface area contributed by atoms with Crippen molar-refractivity contribution in [3.05, 3.63) is 42.3 Å². The Labute approximate surface area is 115 Å². The van der Waals surface area contributed by atoms with Crippen LogP contribution in [0.15, 0.2) is 40.9 Å². The minimum Gasteiger partial charge on any atom is -0.370 e. The van der Waals surface area contributed by atoms with Gasteiger partial charge >= 0.3 is 0 Å². The number of methoxy groups -OCH3 is 1. The molecule has 0 saturated carbocycles. The number of nitrogens with zero attached hydrogens (tertiary/aromatic N) is 3. The Bertz CT molecular complexity index is 722. The fraction of sp³-hybridized carbons (Fsp3) is 0.214. The minimum atomic E-state index is -0.392. The van der Waals surface area contributed by atoms with Crippen molar-refractivity contribution in [2.75, 3.05) is 13.7 Å². The van der Waals surface area contributed by atoms with Crippen LogP contribution < -0.4 is 5.73 Å². The number of ether oxygens (including phenoxy) is 1. The highest BCUT2D eigenvalue weighted by Gasteiger charge is 2.18. The van der Waals surface area contributed by atoms with E-state index in [1.54, 1.807) is 7.11 Å². The summed E-state index contributed by atoms with van der Waals surface area (Å²) in [6.07, 6.45) is -0.392. The van der Waals surface area contributed by atoms with Crippen LogP contribution in [0.25, 0.3) is 22.4 Å². The number of pyridine rings is 1. The van der Waals surface area contributed by atoms with E-state index in [1.807, 2.05) is 36.4 Å². The predicted octanol–water partition coefficient (Wildman–Crippen LogP) is 1.93. The maximum Gasteiger partial charge on any atom is 0.257 e. The number of hydrogen-bond acceptors (Lipinski definition) is 6. The van der Waals surface area contributed by atoms with E-state index >= 15 is 0 Å². The van der Waals surface area contributed by atoms with Gasteiger partial charge in [0.25, 0.3) is 5.89 Å². The lowest BCUT2D eigenvalue weighted by Gasteiger charge is -2.05. The molecule has 1 unspecified atom stereocenters. The van der Waals surface area contributed by atoms with E-state index in [9.17, 15) is 0 Å². The van der Waals surface area contributed by atoms with Gasteiger partial charge in [-0.2, -0.15) is 4.98 Å². The van der Waals surface area contributed by atoms with Crippen molar-refractivity contribution in [1.29, 1.82) is 0 Å². The van der Waals surface area contributed by atoms with Crippen LogP contribution in [0, 0.1) is 0 Å². The molecule has 20 heavy (non-hydrogen) atoms. The molecule has 1 aromatic carbocycles. The topological polar surface area (TPSA) is 87.1 Å². The maximum atomic E-state index is 5.57. The summed E-state index contributed by atoms with van der Waals surface area (Å²) in [5, 5.41) is 4.99. The molecule has 0 saturated heterocycles. The Morgan fingerprint density at radius 2 is 2.05 bits per heavy atom. The number of nitrogens with two attached hydrogens (primary N) is 1. The molecule has 0 amide bonds. The monoisotopic (exact) mass is 270 g/mol. The standard InChI is InChI=1S/C14H14N4O2/c1-19-12(8-15)14-17-13(18-20-14)11-7-6-9-4-2-3-5-10(9)16-11/h2-7,12H,8,15H2,1H3. The van der Waals surface area contributed by atoms with Crippen LogP contribution in [0.2, 0.25) is 0 Å². The van der Waals surface area contributed by atoms with E-state index in [0.29, 0.717) is 17.4 Å². The van der Waals surface area contributed by atoms with Crippen molar-refractivity contribution in [3.8, 4) is 11.5 Å². The fourth-order valence-electron chi connectivity index (χ4n) is 1.96. The number of para-hydroxylation sites is 1. The zero-order chi connectivity index (χ0) is 13.9. The molecule has 3 rings (SSSR count). The van der Waals surface area contributed by atoms with Crippen molar-refractivity contribution in [2.45, 2.75) is 6.10 Å². The molecule has 2 N–H and O–H groups in total. The average Bonchev–Trinajstić information content (AvgIpc) is 2.98. The summed E-state index contributed by atoms with van der Waals surface area (Å²) >= 11 is 0. The molecule has 3 aromatic rings. The van der Waals surface area contributed by atoms with Crippen LogP contribution >= 0.6 is 0 Å². The molecular formula is C14H14N4O2. The Kier molecular flexibility index (Phi) is 3.41. The SMILES string of the molecule is COC(CN)c1nc(-c2ccc3ccccc3n2)no1. The third-order valence-electron chi connectivity index (χ3n) is 3.04. The smallest absolute Gasteiger partial charge is 0.257 e. The lowest BCUT2D eigenvalue weighted by Crippen LogP contribution is -2.14. The number of hydrogen-bond donors (Lipinski definition) is 1. The van der Waals surface area contributed by atoms with Crippen LogP contribution in [0.4, 0.5) is 0 Å². The van der Waals surface area contributed by atoms with E-state index in [0.717, 1.165) is 10.9 Å². The second kappa shape index (κ2) is 5.36. The van der Waals surface area contributed by atoms with Crippen LogP contribution in [0.3, 0.4) is 0 Å². The second-order valence-corrected chi connectivity index (χ2v) is 4.31. The highest BCUT2D eigenvalue weighted by molar-refractivity contribution is 5.80. The summed E-state index contributed by atoms with van der Waals surface area (Å²) in [5.41, 5.74) is 7.11. The normalized spacial score (nSPS) is 12.7. The van der Waals surface area contributed by atoms with Crippen molar-refractivity contribution in [2.24, 2.45) is 5.73 Å².